The first-order valence-corrected chi connectivity index (χ1v) is 14.1. The molecular weight excluding hydrogens is 619 g/mol. The topological polar surface area (TPSA) is 164 Å². The second-order valence-electron chi connectivity index (χ2n) is 9.47. The second-order valence-corrected chi connectivity index (χ2v) is 10.3. The minimum atomic E-state index is -4.19. The molecule has 0 saturated heterocycles. The van der Waals surface area contributed by atoms with Crippen LogP contribution >= 0.6 is 0 Å². The summed E-state index contributed by atoms with van der Waals surface area (Å²) in [5.41, 5.74) is 3.13. The van der Waals surface area contributed by atoms with E-state index < -0.39 is 10.2 Å². The summed E-state index contributed by atoms with van der Waals surface area (Å²) in [6.07, 6.45) is 22.4. The molecule has 235 valence electrons. The van der Waals surface area contributed by atoms with Crippen LogP contribution in [-0.2, 0) is 17.1 Å². The molecule has 0 amide bonds. The third-order valence-corrected chi connectivity index (χ3v) is 5.78. The Balaban J connectivity index is 0. The monoisotopic (exact) mass is 661 g/mol. The molecule has 0 aliphatic carbocycles. The Morgan fingerprint density at radius 3 is 0.762 bits per heavy atom. The van der Waals surface area contributed by atoms with Gasteiger partial charge in [-0.3, -0.25) is 0 Å². The quantitative estimate of drug-likeness (QED) is 0.262. The van der Waals surface area contributed by atoms with Gasteiger partial charge in [-0.2, -0.15) is 0 Å². The Hall–Kier alpha value is -3.03. The van der Waals surface area contributed by atoms with Gasteiger partial charge >= 0.3 is 45.9 Å². The van der Waals surface area contributed by atoms with Crippen molar-refractivity contribution in [2.75, 3.05) is 0 Å². The molecule has 0 saturated carbocycles. The van der Waals surface area contributed by atoms with E-state index in [1.165, 1.54) is 0 Å². The van der Waals surface area contributed by atoms with Crippen molar-refractivity contribution in [1.82, 2.24) is 0 Å². The van der Waals surface area contributed by atoms with Crippen molar-refractivity contribution < 1.29 is 65.0 Å². The van der Waals surface area contributed by atoms with E-state index in [0.717, 1.165) is 41.8 Å². The normalized spacial score (nSPS) is 24.3. The van der Waals surface area contributed by atoms with Gasteiger partial charge in [0.05, 0.1) is 0 Å². The number of nitroso groups, excluding NO2 is 4. The fourth-order valence-corrected chi connectivity index (χ4v) is 3.31. The van der Waals surface area contributed by atoms with Crippen LogP contribution in [0.15, 0.2) is 95.7 Å². The second kappa shape index (κ2) is 20.0. The van der Waals surface area contributed by atoms with Crippen LogP contribution in [0.3, 0.4) is 0 Å². The van der Waals surface area contributed by atoms with E-state index in [-0.39, 0.29) is 41.2 Å². The zero-order valence-electron chi connectivity index (χ0n) is 25.1. The maximum atomic E-state index is 10.9. The summed E-state index contributed by atoms with van der Waals surface area (Å²) in [7, 11) is -4.19. The fraction of sp³-hybridized carbons (Fsp3) is 0.429. The summed E-state index contributed by atoms with van der Waals surface area (Å²) in [4.78, 5) is 43.7. The predicted molar refractivity (Wildman–Crippen MR) is 151 cm³/mol. The third-order valence-electron chi connectivity index (χ3n) is 5.78. The molecular formula is C28H43ClCuN4O8+6. The van der Waals surface area contributed by atoms with E-state index in [0.29, 0.717) is 0 Å². The van der Waals surface area contributed by atoms with Gasteiger partial charge in [0.25, 0.3) is 0 Å². The number of rotatable bonds is 0. The maximum absolute atomic E-state index is 10.9. The SMILES string of the molecule is CC1=CC=CC(C)[N+]1=O.CC1=CC=CC(C)[N+]1=O.CC1=CC=CC(C)[N+]1=O.CC1=CC=CC(C)[N+]1=O.[Cu+2].[O-][Cl+](O)(O)O. The fourth-order valence-electron chi connectivity index (χ4n) is 3.31. The van der Waals surface area contributed by atoms with Crippen LogP contribution < -0.4 is 4.66 Å². The van der Waals surface area contributed by atoms with E-state index >= 15 is 0 Å². The third kappa shape index (κ3) is 17.0. The molecule has 12 nitrogen and oxygen atoms in total. The first kappa shape index (κ1) is 41.1. The van der Waals surface area contributed by atoms with E-state index in [2.05, 4.69) is 0 Å². The molecule has 0 aromatic heterocycles. The van der Waals surface area contributed by atoms with Crippen LogP contribution in [0.2, 0.25) is 0 Å². The zero-order chi connectivity index (χ0) is 31.9. The molecule has 4 aliphatic rings. The van der Waals surface area contributed by atoms with E-state index in [9.17, 15) is 19.6 Å². The molecule has 1 radical (unpaired) electrons. The van der Waals surface area contributed by atoms with Crippen LogP contribution in [0.4, 0.5) is 0 Å². The average molecular weight is 663 g/mol. The number of hydrogen-bond donors (Lipinski definition) is 3. The van der Waals surface area contributed by atoms with E-state index in [1.54, 1.807) is 0 Å². The number of allylic oxidation sites excluding steroid dienone is 12. The molecule has 4 rings (SSSR count). The summed E-state index contributed by atoms with van der Waals surface area (Å²) in [5, 5.41) is 0. The summed E-state index contributed by atoms with van der Waals surface area (Å²) in [5.74, 6) is 0. The summed E-state index contributed by atoms with van der Waals surface area (Å²) >= 11 is 0. The molecule has 0 fully saturated rings. The van der Waals surface area contributed by atoms with Gasteiger partial charge in [0.2, 0.25) is 47.0 Å². The van der Waals surface area contributed by atoms with Gasteiger partial charge in [-0.15, -0.1) is 0 Å². The van der Waals surface area contributed by atoms with Crippen molar-refractivity contribution in [3.63, 3.8) is 0 Å². The molecule has 0 aromatic rings. The number of hydrogen-bond acceptors (Lipinski definition) is 8. The summed E-state index contributed by atoms with van der Waals surface area (Å²) < 4.78 is 34.2. The minimum absolute atomic E-state index is 0. The summed E-state index contributed by atoms with van der Waals surface area (Å²) in [6.45, 7) is 14.8. The standard InChI is InChI=1S/4C7H10NO.ClH3O4.Cu/c4*1-6-4-3-5-7(2)8(6)9;2-1(3,4)5;/h4*3-6H,1-2H3;2-4H;/q4*+1;;+2. The van der Waals surface area contributed by atoms with Crippen molar-refractivity contribution in [3.05, 3.63) is 115 Å². The van der Waals surface area contributed by atoms with Crippen molar-refractivity contribution in [1.29, 1.82) is 0 Å². The Labute approximate surface area is 259 Å². The van der Waals surface area contributed by atoms with Gasteiger partial charge in [-0.05, 0) is 24.3 Å². The molecule has 14 heteroatoms. The van der Waals surface area contributed by atoms with Gasteiger partial charge in [0.1, 0.15) is 0 Å². The van der Waals surface area contributed by atoms with Crippen molar-refractivity contribution in [2.45, 2.75) is 79.6 Å². The van der Waals surface area contributed by atoms with Gasteiger partial charge in [0.15, 0.2) is 0 Å². The van der Waals surface area contributed by atoms with E-state index in [4.69, 9.17) is 18.6 Å². The molecule has 4 atom stereocenters. The molecule has 4 aliphatic heterocycles. The van der Waals surface area contributed by atoms with Crippen LogP contribution in [-0.4, -0.2) is 57.2 Å². The van der Waals surface area contributed by atoms with Crippen molar-refractivity contribution in [2.24, 2.45) is 0 Å². The molecule has 0 spiro atoms. The van der Waals surface area contributed by atoms with Crippen LogP contribution in [0, 0.1) is 29.9 Å². The molecule has 42 heavy (non-hydrogen) atoms. The van der Waals surface area contributed by atoms with Crippen molar-refractivity contribution in [3.8, 4) is 0 Å². The molecule has 4 heterocycles. The molecule has 0 aromatic carbocycles. The van der Waals surface area contributed by atoms with Gasteiger partial charge in [0, 0.05) is 118 Å². The van der Waals surface area contributed by atoms with Crippen molar-refractivity contribution >= 4 is 0 Å². The number of nitrogens with zero attached hydrogens (tertiary/aromatic N) is 4. The molecule has 3 N–H and O–H groups in total. The van der Waals surface area contributed by atoms with Crippen LogP contribution in [0.5, 0.6) is 0 Å². The van der Waals surface area contributed by atoms with Gasteiger partial charge in [-0.25, -0.2) is 0 Å². The van der Waals surface area contributed by atoms with Gasteiger partial charge < -0.3 is 0 Å². The Bertz CT molecular complexity index is 1040. The summed E-state index contributed by atoms with van der Waals surface area (Å²) in [6, 6.07) is 0.0370. The van der Waals surface area contributed by atoms with Crippen LogP contribution in [0.25, 0.3) is 0 Å². The van der Waals surface area contributed by atoms with E-state index in [1.807, 2.05) is 128 Å². The van der Waals surface area contributed by atoms with Gasteiger partial charge in [-0.1, -0.05) is 24.3 Å². The average Bonchev–Trinajstić information content (AvgIpc) is 2.88. The Kier molecular flexibility index (Phi) is 19.6. The first-order valence-electron chi connectivity index (χ1n) is 12.8. The zero-order valence-corrected chi connectivity index (χ0v) is 26.8. The Morgan fingerprint density at radius 1 is 0.524 bits per heavy atom. The Morgan fingerprint density at radius 2 is 0.667 bits per heavy atom. The molecule has 0 bridgehead atoms. The number of halogens is 1. The first-order chi connectivity index (χ1) is 18.9. The van der Waals surface area contributed by atoms with Crippen LogP contribution in [0.1, 0.15) is 55.4 Å². The predicted octanol–water partition coefficient (Wildman–Crippen LogP) is 3.65. The molecule has 4 unspecified atom stereocenters.